The Morgan fingerprint density at radius 1 is 0.767 bits per heavy atom. The van der Waals surface area contributed by atoms with Gasteiger partial charge < -0.3 is 15.4 Å². The molecule has 4 unspecified atom stereocenters. The molecule has 10 heteroatoms. The van der Waals surface area contributed by atoms with Crippen molar-refractivity contribution in [1.29, 1.82) is 0 Å². The number of hydrogen-bond acceptors (Lipinski definition) is 3. The van der Waals surface area contributed by atoms with Crippen LogP contribution in [0.5, 0.6) is 0 Å². The van der Waals surface area contributed by atoms with Crippen molar-refractivity contribution in [1.82, 2.24) is 10.6 Å². The molecule has 0 bridgehead atoms. The molecular weight excluding hydrogens is 417 g/mol. The Morgan fingerprint density at radius 3 is 1.70 bits per heavy atom. The molecule has 3 aliphatic rings. The minimum Gasteiger partial charge on any atom is -0.317 e. The van der Waals surface area contributed by atoms with Gasteiger partial charge in [0, 0.05) is 25.9 Å². The molecule has 178 valence electrons. The number of rotatable bonds is 4. The van der Waals surface area contributed by atoms with E-state index >= 15 is 0 Å². The van der Waals surface area contributed by atoms with Crippen LogP contribution < -0.4 is 10.6 Å². The van der Waals surface area contributed by atoms with E-state index in [9.17, 15) is 30.7 Å². The molecule has 1 heterocycles. The SMILES string of the molecule is CC.CC1CNC(C2CC(F)C(C(F)(F)OC3CC(F)C(F)C(F)C3)C(F)C2)NC1. The molecule has 4 atom stereocenters. The molecule has 0 radical (unpaired) electrons. The van der Waals surface area contributed by atoms with E-state index < -0.39 is 67.7 Å². The second-order valence-electron chi connectivity index (χ2n) is 8.44. The summed E-state index contributed by atoms with van der Waals surface area (Å²) in [5.41, 5.74) is 0. The Bertz CT molecular complexity index is 497. The fraction of sp³-hybridized carbons (Fsp3) is 1.00. The van der Waals surface area contributed by atoms with E-state index in [0.717, 1.165) is 0 Å². The maximum absolute atomic E-state index is 14.6. The fourth-order valence-electron chi connectivity index (χ4n) is 4.50. The standard InChI is InChI=1S/C18H27F7N2O.C2H6/c1-8-6-26-17(27-7-8)9-2-11(19)15(12(20)3-9)18(24,25)28-10-4-13(21)16(23)14(22)5-10;1-2/h8-17,26-27H,2-7H2,1H3;1-2H3. The van der Waals surface area contributed by atoms with Gasteiger partial charge in [0.05, 0.1) is 12.3 Å². The minimum absolute atomic E-state index is 0.280. The highest BCUT2D eigenvalue weighted by atomic mass is 19.3. The maximum Gasteiger partial charge on any atom is 0.364 e. The largest absolute Gasteiger partial charge is 0.364 e. The zero-order chi connectivity index (χ0) is 22.6. The molecule has 1 aliphatic heterocycles. The van der Waals surface area contributed by atoms with Crippen molar-refractivity contribution >= 4 is 0 Å². The van der Waals surface area contributed by atoms with Gasteiger partial charge in [-0.05, 0) is 24.7 Å². The van der Waals surface area contributed by atoms with Crippen LogP contribution >= 0.6 is 0 Å². The van der Waals surface area contributed by atoms with E-state index in [-0.39, 0.29) is 19.0 Å². The zero-order valence-corrected chi connectivity index (χ0v) is 17.6. The molecule has 2 aliphatic carbocycles. The third-order valence-electron chi connectivity index (χ3n) is 6.06. The van der Waals surface area contributed by atoms with Gasteiger partial charge in [0.15, 0.2) is 6.17 Å². The van der Waals surface area contributed by atoms with Crippen LogP contribution in [0.2, 0.25) is 0 Å². The predicted octanol–water partition coefficient (Wildman–Crippen LogP) is 4.66. The highest BCUT2D eigenvalue weighted by Gasteiger charge is 2.56. The lowest BCUT2D eigenvalue weighted by atomic mass is 9.76. The smallest absolute Gasteiger partial charge is 0.317 e. The summed E-state index contributed by atoms with van der Waals surface area (Å²) < 4.78 is 103. The first-order valence-electron chi connectivity index (χ1n) is 10.8. The van der Waals surface area contributed by atoms with Gasteiger partial charge in [-0.2, -0.15) is 8.78 Å². The normalized spacial score (nSPS) is 45.4. The highest BCUT2D eigenvalue weighted by molar-refractivity contribution is 4.96. The molecule has 0 amide bonds. The number of ether oxygens (including phenoxy) is 1. The van der Waals surface area contributed by atoms with Crippen LogP contribution in [0.4, 0.5) is 30.7 Å². The molecular formula is C20H33F7N2O. The summed E-state index contributed by atoms with van der Waals surface area (Å²) in [5.74, 6) is -2.51. The molecule has 0 aromatic carbocycles. The molecule has 2 saturated carbocycles. The minimum atomic E-state index is -4.24. The molecule has 3 rings (SSSR count). The third kappa shape index (κ3) is 6.00. The lowest BCUT2D eigenvalue weighted by molar-refractivity contribution is -0.323. The van der Waals surface area contributed by atoms with Crippen molar-refractivity contribution in [3.05, 3.63) is 0 Å². The van der Waals surface area contributed by atoms with E-state index in [2.05, 4.69) is 15.4 Å². The number of alkyl halides is 7. The van der Waals surface area contributed by atoms with E-state index in [1.165, 1.54) is 0 Å². The second-order valence-corrected chi connectivity index (χ2v) is 8.44. The first-order chi connectivity index (χ1) is 14.1. The van der Waals surface area contributed by atoms with Gasteiger partial charge in [0.2, 0.25) is 0 Å². The van der Waals surface area contributed by atoms with Gasteiger partial charge in [-0.15, -0.1) is 0 Å². The number of nitrogens with one attached hydrogen (secondary N) is 2. The Hall–Kier alpha value is -0.610. The molecule has 0 aromatic heterocycles. The van der Waals surface area contributed by atoms with Crippen LogP contribution in [-0.2, 0) is 4.74 Å². The summed E-state index contributed by atoms with van der Waals surface area (Å²) in [6.07, 6.45) is -19.6. The molecule has 1 saturated heterocycles. The van der Waals surface area contributed by atoms with E-state index in [1.54, 1.807) is 0 Å². The Labute approximate surface area is 173 Å². The monoisotopic (exact) mass is 450 g/mol. The average molecular weight is 450 g/mol. The van der Waals surface area contributed by atoms with Gasteiger partial charge in [-0.3, -0.25) is 0 Å². The van der Waals surface area contributed by atoms with Crippen molar-refractivity contribution in [3.63, 3.8) is 0 Å². The number of hydrogen-bond donors (Lipinski definition) is 2. The van der Waals surface area contributed by atoms with Gasteiger partial charge in [0.1, 0.15) is 30.6 Å². The third-order valence-corrected chi connectivity index (χ3v) is 6.06. The lowest BCUT2D eigenvalue weighted by Crippen LogP contribution is -2.59. The summed E-state index contributed by atoms with van der Waals surface area (Å²) in [7, 11) is 0. The first-order valence-corrected chi connectivity index (χ1v) is 10.8. The summed E-state index contributed by atoms with van der Waals surface area (Å²) in [5, 5.41) is 6.26. The molecule has 2 N–H and O–H groups in total. The average Bonchev–Trinajstić information content (AvgIpc) is 2.67. The van der Waals surface area contributed by atoms with Crippen LogP contribution in [0.1, 0.15) is 46.5 Å². The zero-order valence-electron chi connectivity index (χ0n) is 17.6. The van der Waals surface area contributed by atoms with E-state index in [4.69, 9.17) is 0 Å². The molecule has 3 fully saturated rings. The van der Waals surface area contributed by atoms with E-state index in [0.29, 0.717) is 19.0 Å². The fourth-order valence-corrected chi connectivity index (χ4v) is 4.50. The van der Waals surface area contributed by atoms with Crippen LogP contribution in [-0.4, -0.2) is 62.3 Å². The van der Waals surface area contributed by atoms with Crippen molar-refractivity contribution in [3.8, 4) is 0 Å². The van der Waals surface area contributed by atoms with Gasteiger partial charge >= 0.3 is 6.11 Å². The van der Waals surface area contributed by atoms with Crippen molar-refractivity contribution in [2.24, 2.45) is 17.8 Å². The van der Waals surface area contributed by atoms with Crippen LogP contribution in [0.15, 0.2) is 0 Å². The quantitative estimate of drug-likeness (QED) is 0.612. The first kappa shape index (κ1) is 25.6. The van der Waals surface area contributed by atoms with Crippen molar-refractivity contribution in [2.45, 2.75) is 95.7 Å². The van der Waals surface area contributed by atoms with E-state index in [1.807, 2.05) is 20.8 Å². The molecule has 30 heavy (non-hydrogen) atoms. The van der Waals surface area contributed by atoms with Crippen LogP contribution in [0.3, 0.4) is 0 Å². The van der Waals surface area contributed by atoms with Crippen LogP contribution in [0.25, 0.3) is 0 Å². The van der Waals surface area contributed by atoms with Crippen molar-refractivity contribution in [2.75, 3.05) is 13.1 Å². The Kier molecular flexibility index (Phi) is 9.24. The molecule has 3 nitrogen and oxygen atoms in total. The Balaban J connectivity index is 0.00000155. The Morgan fingerprint density at radius 2 is 1.23 bits per heavy atom. The summed E-state index contributed by atoms with van der Waals surface area (Å²) in [6.45, 7) is 7.33. The predicted molar refractivity (Wildman–Crippen MR) is 100 cm³/mol. The van der Waals surface area contributed by atoms with Gasteiger partial charge in [-0.25, -0.2) is 22.0 Å². The lowest BCUT2D eigenvalue weighted by Gasteiger charge is -2.43. The second kappa shape index (κ2) is 10.8. The summed E-state index contributed by atoms with van der Waals surface area (Å²) >= 11 is 0. The summed E-state index contributed by atoms with van der Waals surface area (Å²) in [6, 6.07) is 0. The van der Waals surface area contributed by atoms with Crippen molar-refractivity contribution < 1.29 is 35.5 Å². The topological polar surface area (TPSA) is 33.3 Å². The van der Waals surface area contributed by atoms with Crippen LogP contribution in [0, 0.1) is 17.8 Å². The molecule has 0 aromatic rings. The maximum atomic E-state index is 14.6. The number of halogens is 7. The highest BCUT2D eigenvalue weighted by Crippen LogP contribution is 2.45. The molecule has 0 spiro atoms. The summed E-state index contributed by atoms with van der Waals surface area (Å²) in [4.78, 5) is 0. The van der Waals surface area contributed by atoms with Gasteiger partial charge in [-0.1, -0.05) is 20.8 Å². The van der Waals surface area contributed by atoms with Gasteiger partial charge in [0.25, 0.3) is 0 Å².